The lowest BCUT2D eigenvalue weighted by atomic mass is 10.1. The summed E-state index contributed by atoms with van der Waals surface area (Å²) in [7, 11) is 0. The zero-order chi connectivity index (χ0) is 15.0. The Morgan fingerprint density at radius 3 is 2.33 bits per heavy atom. The number of nitrogens with zero attached hydrogens (tertiary/aromatic N) is 1. The van der Waals surface area contributed by atoms with Crippen molar-refractivity contribution in [2.75, 3.05) is 5.32 Å². The Morgan fingerprint density at radius 2 is 1.76 bits per heavy atom. The van der Waals surface area contributed by atoms with Crippen molar-refractivity contribution in [1.29, 1.82) is 0 Å². The van der Waals surface area contributed by atoms with Gasteiger partial charge in [0.1, 0.15) is 11.5 Å². The minimum Gasteiger partial charge on any atom is -0.376 e. The van der Waals surface area contributed by atoms with E-state index < -0.39 is 22.2 Å². The maximum Gasteiger partial charge on any atom is 0.327 e. The molecule has 0 aromatic heterocycles. The van der Waals surface area contributed by atoms with Gasteiger partial charge < -0.3 is 5.32 Å². The quantitative estimate of drug-likeness (QED) is 0.695. The number of nitro benzene ring substituents is 1. The predicted octanol–water partition coefficient (Wildman–Crippen LogP) is 3.45. The topological polar surface area (TPSA) is 55.2 Å². The molecule has 2 aromatic rings. The van der Waals surface area contributed by atoms with Gasteiger partial charge in [-0.25, -0.2) is 4.39 Å². The van der Waals surface area contributed by atoms with Crippen molar-refractivity contribution in [3.05, 3.63) is 69.3 Å². The molecule has 21 heavy (non-hydrogen) atoms. The van der Waals surface area contributed by atoms with Crippen molar-refractivity contribution in [1.82, 2.24) is 0 Å². The zero-order valence-corrected chi connectivity index (χ0v) is 11.0. The van der Waals surface area contributed by atoms with Crippen LogP contribution in [0.25, 0.3) is 0 Å². The Balaban J connectivity index is 1.88. The molecule has 1 aliphatic rings. The van der Waals surface area contributed by atoms with Gasteiger partial charge in [-0.3, -0.25) is 10.1 Å². The molecular weight excluding hydrogens is 278 g/mol. The number of rotatable bonds is 3. The summed E-state index contributed by atoms with van der Waals surface area (Å²) in [6, 6.07) is 9.19. The lowest BCUT2D eigenvalue weighted by Crippen LogP contribution is -2.20. The van der Waals surface area contributed by atoms with Gasteiger partial charge in [0.2, 0.25) is 5.82 Å². The Hall–Kier alpha value is -2.50. The van der Waals surface area contributed by atoms with Crippen LogP contribution in [0.5, 0.6) is 0 Å². The van der Waals surface area contributed by atoms with Gasteiger partial charge in [-0.2, -0.15) is 4.39 Å². The summed E-state index contributed by atoms with van der Waals surface area (Å²) in [4.78, 5) is 10.1. The highest BCUT2D eigenvalue weighted by molar-refractivity contribution is 5.63. The van der Waals surface area contributed by atoms with E-state index >= 15 is 0 Å². The molecule has 0 bridgehead atoms. The minimum atomic E-state index is -1.17. The van der Waals surface area contributed by atoms with Crippen LogP contribution in [0.3, 0.4) is 0 Å². The molecule has 6 heteroatoms. The smallest absolute Gasteiger partial charge is 0.327 e. The van der Waals surface area contributed by atoms with Crippen molar-refractivity contribution in [3.8, 4) is 0 Å². The van der Waals surface area contributed by atoms with Gasteiger partial charge in [0.05, 0.1) is 4.92 Å². The van der Waals surface area contributed by atoms with Crippen LogP contribution in [0.1, 0.15) is 11.1 Å². The minimum absolute atomic E-state index is 0.109. The van der Waals surface area contributed by atoms with Crippen molar-refractivity contribution < 1.29 is 13.7 Å². The van der Waals surface area contributed by atoms with E-state index in [0.29, 0.717) is 18.9 Å². The van der Waals surface area contributed by atoms with Crippen LogP contribution < -0.4 is 5.32 Å². The number of halogens is 2. The number of hydrogen-bond donors (Lipinski definition) is 1. The van der Waals surface area contributed by atoms with Gasteiger partial charge in [-0.05, 0) is 24.0 Å². The third kappa shape index (κ3) is 2.56. The van der Waals surface area contributed by atoms with E-state index in [4.69, 9.17) is 0 Å². The lowest BCUT2D eigenvalue weighted by molar-refractivity contribution is -0.386. The molecule has 108 valence electrons. The first-order valence-electron chi connectivity index (χ1n) is 6.51. The average Bonchev–Trinajstić information content (AvgIpc) is 2.79. The SMILES string of the molecule is O=[N+]([O-])c1c(F)cc(F)cc1NC1Cc2ccccc2C1. The van der Waals surface area contributed by atoms with Crippen molar-refractivity contribution in [3.63, 3.8) is 0 Å². The van der Waals surface area contributed by atoms with E-state index in [2.05, 4.69) is 5.32 Å². The number of fused-ring (bicyclic) bond motifs is 1. The fourth-order valence-corrected chi connectivity index (χ4v) is 2.74. The van der Waals surface area contributed by atoms with Gasteiger partial charge in [0, 0.05) is 18.2 Å². The van der Waals surface area contributed by atoms with E-state index in [9.17, 15) is 18.9 Å². The second-order valence-corrected chi connectivity index (χ2v) is 5.06. The highest BCUT2D eigenvalue weighted by Gasteiger charge is 2.26. The standard InChI is InChI=1S/C15H12F2N2O2/c16-11-7-13(17)15(19(20)21)14(8-11)18-12-5-9-3-1-2-4-10(9)6-12/h1-4,7-8,12,18H,5-6H2. The van der Waals surface area contributed by atoms with Crippen LogP contribution in [0.15, 0.2) is 36.4 Å². The van der Waals surface area contributed by atoms with Crippen LogP contribution in [0, 0.1) is 21.7 Å². The second-order valence-electron chi connectivity index (χ2n) is 5.06. The Labute approximate surface area is 119 Å². The molecule has 0 saturated heterocycles. The van der Waals surface area contributed by atoms with Crippen molar-refractivity contribution >= 4 is 11.4 Å². The monoisotopic (exact) mass is 290 g/mol. The maximum atomic E-state index is 13.6. The normalized spacial score (nSPS) is 14.0. The molecule has 0 saturated carbocycles. The summed E-state index contributed by atoms with van der Waals surface area (Å²) in [6.45, 7) is 0. The molecule has 4 nitrogen and oxygen atoms in total. The highest BCUT2D eigenvalue weighted by Crippen LogP contribution is 2.32. The molecule has 0 atom stereocenters. The number of nitrogens with one attached hydrogen (secondary N) is 1. The van der Waals surface area contributed by atoms with Gasteiger partial charge >= 0.3 is 5.69 Å². The van der Waals surface area contributed by atoms with Gasteiger partial charge in [-0.1, -0.05) is 24.3 Å². The maximum absolute atomic E-state index is 13.6. The number of nitro groups is 1. The third-order valence-electron chi connectivity index (χ3n) is 3.62. The molecule has 1 N–H and O–H groups in total. The van der Waals surface area contributed by atoms with Crippen LogP contribution >= 0.6 is 0 Å². The summed E-state index contributed by atoms with van der Waals surface area (Å²) in [5.74, 6) is -2.01. The molecule has 2 aromatic carbocycles. The highest BCUT2D eigenvalue weighted by atomic mass is 19.1. The average molecular weight is 290 g/mol. The van der Waals surface area contributed by atoms with E-state index in [1.807, 2.05) is 24.3 Å². The Kier molecular flexibility index (Phi) is 3.29. The van der Waals surface area contributed by atoms with Crippen LogP contribution in [-0.4, -0.2) is 11.0 Å². The van der Waals surface area contributed by atoms with E-state index in [-0.39, 0.29) is 11.7 Å². The first kappa shape index (κ1) is 13.5. The number of hydrogen-bond acceptors (Lipinski definition) is 3. The van der Waals surface area contributed by atoms with Crippen LogP contribution in [-0.2, 0) is 12.8 Å². The fourth-order valence-electron chi connectivity index (χ4n) is 2.74. The Morgan fingerprint density at radius 1 is 1.14 bits per heavy atom. The lowest BCUT2D eigenvalue weighted by Gasteiger charge is -2.14. The molecular formula is C15H12F2N2O2. The van der Waals surface area contributed by atoms with Gasteiger partial charge in [-0.15, -0.1) is 0 Å². The summed E-state index contributed by atoms with van der Waals surface area (Å²) >= 11 is 0. The second kappa shape index (κ2) is 5.12. The van der Waals surface area contributed by atoms with Crippen LogP contribution in [0.2, 0.25) is 0 Å². The Bertz CT molecular complexity index is 694. The third-order valence-corrected chi connectivity index (χ3v) is 3.62. The predicted molar refractivity (Wildman–Crippen MR) is 74.3 cm³/mol. The molecule has 0 unspecified atom stereocenters. The summed E-state index contributed by atoms with van der Waals surface area (Å²) in [5, 5.41) is 13.8. The van der Waals surface area contributed by atoms with E-state index in [0.717, 1.165) is 17.2 Å². The molecule has 0 amide bonds. The first-order valence-corrected chi connectivity index (χ1v) is 6.51. The van der Waals surface area contributed by atoms with Gasteiger partial charge in [0.15, 0.2) is 0 Å². The van der Waals surface area contributed by atoms with Gasteiger partial charge in [0.25, 0.3) is 0 Å². The molecule has 0 heterocycles. The van der Waals surface area contributed by atoms with E-state index in [1.165, 1.54) is 0 Å². The molecule has 0 aliphatic heterocycles. The first-order chi connectivity index (χ1) is 10.0. The number of anilines is 1. The number of benzene rings is 2. The summed E-state index contributed by atoms with van der Waals surface area (Å²) < 4.78 is 26.9. The molecule has 0 spiro atoms. The molecule has 0 fully saturated rings. The van der Waals surface area contributed by atoms with Crippen molar-refractivity contribution in [2.45, 2.75) is 18.9 Å². The molecule has 0 radical (unpaired) electrons. The molecule has 1 aliphatic carbocycles. The molecule has 3 rings (SSSR count). The zero-order valence-electron chi connectivity index (χ0n) is 11.0. The fraction of sp³-hybridized carbons (Fsp3) is 0.200. The van der Waals surface area contributed by atoms with Crippen molar-refractivity contribution in [2.24, 2.45) is 0 Å². The largest absolute Gasteiger partial charge is 0.376 e. The van der Waals surface area contributed by atoms with E-state index in [1.54, 1.807) is 0 Å². The van der Waals surface area contributed by atoms with Crippen LogP contribution in [0.4, 0.5) is 20.2 Å². The summed E-state index contributed by atoms with van der Waals surface area (Å²) in [5.41, 5.74) is 1.46. The summed E-state index contributed by atoms with van der Waals surface area (Å²) in [6.07, 6.45) is 1.34.